The van der Waals surface area contributed by atoms with Crippen LogP contribution in [0.3, 0.4) is 0 Å². The van der Waals surface area contributed by atoms with E-state index in [1.54, 1.807) is 13.0 Å². The number of primary amides is 1. The van der Waals surface area contributed by atoms with Gasteiger partial charge in [-0.3, -0.25) is 9.59 Å². The molecule has 0 heterocycles. The number of hydrogen-bond donors (Lipinski definition) is 2. The first-order chi connectivity index (χ1) is 12.9. The molecule has 28 heavy (non-hydrogen) atoms. The summed E-state index contributed by atoms with van der Waals surface area (Å²) in [5.74, 6) is -4.31. The summed E-state index contributed by atoms with van der Waals surface area (Å²) in [5.41, 5.74) is 5.58. The van der Waals surface area contributed by atoms with E-state index in [4.69, 9.17) is 5.73 Å². The first-order valence-electron chi connectivity index (χ1n) is 8.05. The quantitative estimate of drug-likeness (QED) is 0.757. The van der Waals surface area contributed by atoms with Gasteiger partial charge in [-0.1, -0.05) is 6.07 Å². The average molecular weight is 411 g/mol. The Morgan fingerprint density at radius 2 is 1.71 bits per heavy atom. The zero-order chi connectivity index (χ0) is 21.2. The van der Waals surface area contributed by atoms with Gasteiger partial charge < -0.3 is 11.1 Å². The topological polar surface area (TPSA) is 110 Å². The molecule has 0 radical (unpaired) electrons. The maximum Gasteiger partial charge on any atom is 0.251 e. The summed E-state index contributed by atoms with van der Waals surface area (Å²) in [6.07, 6.45) is 0. The third-order valence-electron chi connectivity index (χ3n) is 4.15. The van der Waals surface area contributed by atoms with Gasteiger partial charge in [0.1, 0.15) is 11.6 Å². The molecule has 0 atom stereocenters. The van der Waals surface area contributed by atoms with Gasteiger partial charge in [-0.2, -0.15) is 4.31 Å². The number of nitrogens with zero attached hydrogens (tertiary/aromatic N) is 1. The first kappa shape index (κ1) is 21.5. The Balaban J connectivity index is 2.19. The second-order valence-electron chi connectivity index (χ2n) is 6.23. The minimum absolute atomic E-state index is 0.00915. The van der Waals surface area contributed by atoms with Gasteiger partial charge in [0.25, 0.3) is 5.91 Å². The predicted molar refractivity (Wildman–Crippen MR) is 99.2 cm³/mol. The molecule has 0 aliphatic heterocycles. The monoisotopic (exact) mass is 411 g/mol. The number of anilines is 1. The van der Waals surface area contributed by atoms with Gasteiger partial charge >= 0.3 is 0 Å². The smallest absolute Gasteiger partial charge is 0.251 e. The molecule has 0 bridgehead atoms. The Morgan fingerprint density at radius 1 is 1.07 bits per heavy atom. The summed E-state index contributed by atoms with van der Waals surface area (Å²) < 4.78 is 53.3. The van der Waals surface area contributed by atoms with Gasteiger partial charge in [0.05, 0.1) is 22.7 Å². The molecular formula is C18H19F2N3O4S. The van der Waals surface area contributed by atoms with Gasteiger partial charge in [0.15, 0.2) is 0 Å². The molecule has 2 rings (SSSR count). The molecule has 0 aliphatic rings. The molecule has 2 aromatic rings. The molecule has 150 valence electrons. The van der Waals surface area contributed by atoms with Crippen LogP contribution in [0.15, 0.2) is 35.2 Å². The van der Waals surface area contributed by atoms with Crippen molar-refractivity contribution in [3.8, 4) is 0 Å². The van der Waals surface area contributed by atoms with Crippen molar-refractivity contribution in [2.75, 3.05) is 18.9 Å². The SMILES string of the molecule is Cc1ccc(S(=O)(=O)N(C)CC(=O)Nc2cc(C(N)=O)c(F)cc2F)cc1C. The lowest BCUT2D eigenvalue weighted by atomic mass is 10.1. The largest absolute Gasteiger partial charge is 0.366 e. The summed E-state index contributed by atoms with van der Waals surface area (Å²) in [5, 5.41) is 2.11. The van der Waals surface area contributed by atoms with Crippen molar-refractivity contribution in [1.29, 1.82) is 0 Å². The van der Waals surface area contributed by atoms with Crippen LogP contribution in [-0.4, -0.2) is 38.1 Å². The third kappa shape index (κ3) is 4.52. The molecule has 10 heteroatoms. The standard InChI is InChI=1S/C18H19F2N3O4S/c1-10-4-5-12(6-11(10)2)28(26,27)23(3)9-17(24)22-16-7-13(18(21)25)14(19)8-15(16)20/h4-8H,9H2,1-3H3,(H2,21,25)(H,22,24). The Morgan fingerprint density at radius 3 is 2.29 bits per heavy atom. The van der Waals surface area contributed by atoms with Crippen molar-refractivity contribution in [3.63, 3.8) is 0 Å². The van der Waals surface area contributed by atoms with E-state index in [9.17, 15) is 26.8 Å². The maximum absolute atomic E-state index is 13.8. The summed E-state index contributed by atoms with van der Waals surface area (Å²) in [4.78, 5) is 23.3. The molecule has 0 saturated heterocycles. The highest BCUT2D eigenvalue weighted by Crippen LogP contribution is 2.21. The second kappa shape index (κ2) is 8.03. The summed E-state index contributed by atoms with van der Waals surface area (Å²) in [6.45, 7) is 2.97. The second-order valence-corrected chi connectivity index (χ2v) is 8.28. The average Bonchev–Trinajstić information content (AvgIpc) is 2.59. The van der Waals surface area contributed by atoms with E-state index in [0.717, 1.165) is 21.5 Å². The third-order valence-corrected chi connectivity index (χ3v) is 5.95. The predicted octanol–water partition coefficient (Wildman–Crippen LogP) is 1.94. The molecule has 2 aromatic carbocycles. The van der Waals surface area contributed by atoms with Gasteiger partial charge in [0, 0.05) is 13.1 Å². The number of nitrogens with one attached hydrogen (secondary N) is 1. The minimum Gasteiger partial charge on any atom is -0.366 e. The molecule has 3 N–H and O–H groups in total. The van der Waals surface area contributed by atoms with Crippen LogP contribution in [0.1, 0.15) is 21.5 Å². The summed E-state index contributed by atoms with van der Waals surface area (Å²) in [7, 11) is -2.76. The zero-order valence-electron chi connectivity index (χ0n) is 15.4. The van der Waals surface area contributed by atoms with Crippen LogP contribution >= 0.6 is 0 Å². The molecule has 0 fully saturated rings. The van der Waals surface area contributed by atoms with Gasteiger partial charge in [-0.25, -0.2) is 17.2 Å². The first-order valence-corrected chi connectivity index (χ1v) is 9.49. The van der Waals surface area contributed by atoms with E-state index >= 15 is 0 Å². The number of rotatable bonds is 6. The Labute approximate surface area is 161 Å². The van der Waals surface area contributed by atoms with E-state index in [1.165, 1.54) is 19.2 Å². The fourth-order valence-electron chi connectivity index (χ4n) is 2.36. The normalized spacial score (nSPS) is 11.5. The van der Waals surface area contributed by atoms with E-state index in [-0.39, 0.29) is 4.90 Å². The van der Waals surface area contributed by atoms with Crippen LogP contribution in [-0.2, 0) is 14.8 Å². The van der Waals surface area contributed by atoms with E-state index < -0.39 is 51.3 Å². The lowest BCUT2D eigenvalue weighted by Gasteiger charge is -2.18. The van der Waals surface area contributed by atoms with Gasteiger partial charge in [0.2, 0.25) is 15.9 Å². The van der Waals surface area contributed by atoms with Crippen molar-refractivity contribution in [2.24, 2.45) is 5.73 Å². The van der Waals surface area contributed by atoms with Crippen LogP contribution in [0.25, 0.3) is 0 Å². The lowest BCUT2D eigenvalue weighted by molar-refractivity contribution is -0.116. The molecule has 0 aliphatic carbocycles. The van der Waals surface area contributed by atoms with Crippen LogP contribution < -0.4 is 11.1 Å². The van der Waals surface area contributed by atoms with Crippen LogP contribution in [0.4, 0.5) is 14.5 Å². The van der Waals surface area contributed by atoms with Crippen LogP contribution in [0.2, 0.25) is 0 Å². The number of carbonyl (C=O) groups excluding carboxylic acids is 2. The minimum atomic E-state index is -3.96. The van der Waals surface area contributed by atoms with E-state index in [1.807, 2.05) is 6.92 Å². The number of nitrogens with two attached hydrogens (primary N) is 1. The van der Waals surface area contributed by atoms with E-state index in [2.05, 4.69) is 5.32 Å². The number of hydrogen-bond acceptors (Lipinski definition) is 4. The zero-order valence-corrected chi connectivity index (χ0v) is 16.2. The number of benzene rings is 2. The summed E-state index contributed by atoms with van der Waals surface area (Å²) in [6, 6.07) is 5.71. The highest BCUT2D eigenvalue weighted by molar-refractivity contribution is 7.89. The molecule has 0 spiro atoms. The van der Waals surface area contributed by atoms with Crippen LogP contribution in [0.5, 0.6) is 0 Å². The molecule has 0 saturated carbocycles. The van der Waals surface area contributed by atoms with Gasteiger partial charge in [-0.05, 0) is 43.2 Å². The molecule has 2 amide bonds. The Hall–Kier alpha value is -2.85. The molecular weight excluding hydrogens is 392 g/mol. The molecule has 7 nitrogen and oxygen atoms in total. The highest BCUT2D eigenvalue weighted by atomic mass is 32.2. The van der Waals surface area contributed by atoms with Crippen molar-refractivity contribution in [3.05, 3.63) is 58.7 Å². The number of halogens is 2. The number of amides is 2. The Bertz CT molecular complexity index is 1060. The molecule has 0 unspecified atom stereocenters. The van der Waals surface area contributed by atoms with Crippen molar-refractivity contribution in [1.82, 2.24) is 4.31 Å². The number of sulfonamides is 1. The maximum atomic E-state index is 13.8. The number of carbonyl (C=O) groups is 2. The Kier molecular flexibility index (Phi) is 6.15. The fraction of sp³-hybridized carbons (Fsp3) is 0.222. The van der Waals surface area contributed by atoms with Crippen molar-refractivity contribution < 1.29 is 26.8 Å². The number of aryl methyl sites for hydroxylation is 2. The van der Waals surface area contributed by atoms with Crippen molar-refractivity contribution in [2.45, 2.75) is 18.7 Å². The van der Waals surface area contributed by atoms with Crippen molar-refractivity contribution >= 4 is 27.5 Å². The highest BCUT2D eigenvalue weighted by Gasteiger charge is 2.24. The lowest BCUT2D eigenvalue weighted by Crippen LogP contribution is -2.35. The summed E-state index contributed by atoms with van der Waals surface area (Å²) >= 11 is 0. The van der Waals surface area contributed by atoms with Gasteiger partial charge in [-0.15, -0.1) is 0 Å². The van der Waals surface area contributed by atoms with E-state index in [0.29, 0.717) is 6.07 Å². The fourth-order valence-corrected chi connectivity index (χ4v) is 3.58. The number of likely N-dealkylation sites (N-methyl/N-ethyl adjacent to an activating group) is 1. The van der Waals surface area contributed by atoms with Crippen LogP contribution in [0, 0.1) is 25.5 Å². The molecule has 0 aromatic heterocycles.